The number of rotatable bonds is 5. The van der Waals surface area contributed by atoms with Crippen LogP contribution in [0.15, 0.2) is 77.8 Å². The van der Waals surface area contributed by atoms with Crippen LogP contribution in [-0.2, 0) is 10.3 Å². The highest BCUT2D eigenvalue weighted by molar-refractivity contribution is 6.09. The van der Waals surface area contributed by atoms with Crippen molar-refractivity contribution in [2.24, 2.45) is 10.7 Å². The molecular formula is C25H24FN3O2. The molecule has 0 bridgehead atoms. The molecule has 2 unspecified atom stereocenters. The lowest BCUT2D eigenvalue weighted by Gasteiger charge is -2.27. The second-order valence-electron chi connectivity index (χ2n) is 7.63. The summed E-state index contributed by atoms with van der Waals surface area (Å²) in [7, 11) is 1.61. The van der Waals surface area contributed by atoms with Gasteiger partial charge in [-0.05, 0) is 52.9 Å². The van der Waals surface area contributed by atoms with Crippen LogP contribution in [0.2, 0.25) is 0 Å². The van der Waals surface area contributed by atoms with Gasteiger partial charge in [0.05, 0.1) is 0 Å². The molecule has 1 heterocycles. The van der Waals surface area contributed by atoms with Gasteiger partial charge in [-0.15, -0.1) is 0 Å². The van der Waals surface area contributed by atoms with E-state index in [-0.39, 0.29) is 11.9 Å². The molecule has 1 amide bonds. The van der Waals surface area contributed by atoms with Crippen LogP contribution in [0.3, 0.4) is 0 Å². The third kappa shape index (κ3) is 3.54. The van der Waals surface area contributed by atoms with E-state index in [0.717, 1.165) is 11.1 Å². The number of aliphatic imine (C=N–C) groups is 1. The lowest BCUT2D eigenvalue weighted by Crippen LogP contribution is -2.41. The van der Waals surface area contributed by atoms with E-state index in [1.165, 1.54) is 11.8 Å². The van der Waals surface area contributed by atoms with Crippen molar-refractivity contribution in [1.82, 2.24) is 4.90 Å². The van der Waals surface area contributed by atoms with E-state index in [2.05, 4.69) is 4.99 Å². The monoisotopic (exact) mass is 417 g/mol. The zero-order valence-corrected chi connectivity index (χ0v) is 17.7. The molecule has 0 aromatic heterocycles. The minimum absolute atomic E-state index is 0.144. The quantitative estimate of drug-likeness (QED) is 0.670. The van der Waals surface area contributed by atoms with Crippen molar-refractivity contribution in [3.63, 3.8) is 0 Å². The van der Waals surface area contributed by atoms with Crippen LogP contribution in [0.5, 0.6) is 5.75 Å². The van der Waals surface area contributed by atoms with Gasteiger partial charge in [0.15, 0.2) is 11.5 Å². The number of carbonyl (C=O) groups is 1. The Morgan fingerprint density at radius 3 is 2.29 bits per heavy atom. The van der Waals surface area contributed by atoms with Crippen molar-refractivity contribution >= 4 is 11.9 Å². The molecule has 0 fully saturated rings. The van der Waals surface area contributed by atoms with Crippen LogP contribution in [0.25, 0.3) is 11.1 Å². The number of alkyl halides is 1. The Balaban J connectivity index is 1.90. The van der Waals surface area contributed by atoms with E-state index in [0.29, 0.717) is 22.4 Å². The van der Waals surface area contributed by atoms with Crippen LogP contribution in [0, 0.1) is 6.92 Å². The summed E-state index contributed by atoms with van der Waals surface area (Å²) >= 11 is 0. The van der Waals surface area contributed by atoms with Crippen molar-refractivity contribution in [2.45, 2.75) is 25.7 Å². The number of nitrogens with zero attached hydrogens (tertiary/aromatic N) is 2. The molecule has 0 saturated carbocycles. The molecule has 31 heavy (non-hydrogen) atoms. The predicted octanol–water partition coefficient (Wildman–Crippen LogP) is 4.39. The van der Waals surface area contributed by atoms with Crippen molar-refractivity contribution in [3.8, 4) is 16.9 Å². The van der Waals surface area contributed by atoms with Crippen LogP contribution >= 0.6 is 0 Å². The van der Waals surface area contributed by atoms with E-state index in [9.17, 15) is 9.18 Å². The summed E-state index contributed by atoms with van der Waals surface area (Å²) < 4.78 is 18.6. The highest BCUT2D eigenvalue weighted by atomic mass is 19.1. The van der Waals surface area contributed by atoms with Gasteiger partial charge in [0.2, 0.25) is 6.36 Å². The molecule has 0 aliphatic carbocycles. The van der Waals surface area contributed by atoms with Crippen LogP contribution in [-0.4, -0.2) is 30.2 Å². The maximum Gasteiger partial charge on any atom is 0.266 e. The highest BCUT2D eigenvalue weighted by Gasteiger charge is 2.49. The van der Waals surface area contributed by atoms with Gasteiger partial charge in [0.1, 0.15) is 5.75 Å². The molecule has 4 rings (SSSR count). The molecule has 5 nitrogen and oxygen atoms in total. The lowest BCUT2D eigenvalue weighted by molar-refractivity contribution is -0.129. The van der Waals surface area contributed by atoms with Gasteiger partial charge in [-0.2, -0.15) is 0 Å². The number of nitrogens with two attached hydrogens (primary N) is 1. The molecule has 2 N–H and O–H groups in total. The van der Waals surface area contributed by atoms with E-state index < -0.39 is 11.9 Å². The zero-order chi connectivity index (χ0) is 22.2. The van der Waals surface area contributed by atoms with Gasteiger partial charge in [-0.3, -0.25) is 9.69 Å². The molecule has 0 saturated heterocycles. The number of carbonyl (C=O) groups excluding carboxylic acids is 1. The Kier molecular flexibility index (Phi) is 5.23. The summed E-state index contributed by atoms with van der Waals surface area (Å²) in [6.45, 7) is 3.13. The van der Waals surface area contributed by atoms with E-state index in [1.807, 2.05) is 61.5 Å². The lowest BCUT2D eigenvalue weighted by atomic mass is 9.81. The number of amides is 1. The molecule has 158 valence electrons. The Morgan fingerprint density at radius 2 is 1.68 bits per heavy atom. The van der Waals surface area contributed by atoms with Crippen molar-refractivity contribution in [2.75, 3.05) is 7.05 Å². The molecule has 1 aliphatic rings. The standard InChI is InChI=1S/C25H24FN3O2/c1-16-14-21(12-13-22(16)31-17(2)26)25(23(30)29(3)24(27)28-25)20-11-7-10-19(15-20)18-8-5-4-6-9-18/h4-15,17H,1-3H3,(H2,27,28). The summed E-state index contributed by atoms with van der Waals surface area (Å²) in [5.41, 5.74) is 8.82. The smallest absolute Gasteiger partial charge is 0.266 e. The number of guanidine groups is 1. The van der Waals surface area contributed by atoms with Crippen LogP contribution < -0.4 is 10.5 Å². The van der Waals surface area contributed by atoms with Gasteiger partial charge >= 0.3 is 0 Å². The van der Waals surface area contributed by atoms with E-state index in [4.69, 9.17) is 10.5 Å². The minimum Gasteiger partial charge on any atom is -0.460 e. The third-order valence-electron chi connectivity index (χ3n) is 5.51. The minimum atomic E-state index is -1.44. The number of benzene rings is 3. The Morgan fingerprint density at radius 1 is 1.00 bits per heavy atom. The fourth-order valence-electron chi connectivity index (χ4n) is 3.92. The molecule has 6 heteroatoms. The van der Waals surface area contributed by atoms with Crippen molar-refractivity contribution < 1.29 is 13.9 Å². The third-order valence-corrected chi connectivity index (χ3v) is 5.51. The van der Waals surface area contributed by atoms with Gasteiger partial charge in [-0.25, -0.2) is 9.38 Å². The zero-order valence-electron chi connectivity index (χ0n) is 17.7. The molecule has 0 radical (unpaired) electrons. The Bertz CT molecular complexity index is 1160. The van der Waals surface area contributed by atoms with E-state index >= 15 is 0 Å². The van der Waals surface area contributed by atoms with E-state index in [1.54, 1.807) is 25.2 Å². The number of ether oxygens (including phenoxy) is 1. The Hall–Kier alpha value is -3.67. The second-order valence-corrected chi connectivity index (χ2v) is 7.63. The maximum absolute atomic E-state index is 13.5. The van der Waals surface area contributed by atoms with Gasteiger partial charge in [0, 0.05) is 14.0 Å². The molecule has 2 atom stereocenters. The summed E-state index contributed by atoms with van der Waals surface area (Å²) in [4.78, 5) is 19.5. The second kappa shape index (κ2) is 7.87. The first-order chi connectivity index (χ1) is 14.8. The SMILES string of the molecule is Cc1cc(C2(c3cccc(-c4ccccc4)c3)N=C(N)N(C)C2=O)ccc1OC(C)F. The summed E-state index contributed by atoms with van der Waals surface area (Å²) in [5.74, 6) is 0.315. The molecule has 0 spiro atoms. The number of halogens is 1. The fourth-order valence-corrected chi connectivity index (χ4v) is 3.92. The maximum atomic E-state index is 13.5. The Labute approximate surface area is 181 Å². The number of hydrogen-bond donors (Lipinski definition) is 1. The van der Waals surface area contributed by atoms with Crippen LogP contribution in [0.4, 0.5) is 4.39 Å². The van der Waals surface area contributed by atoms with Gasteiger partial charge in [0.25, 0.3) is 5.91 Å². The first-order valence-electron chi connectivity index (χ1n) is 10.0. The van der Waals surface area contributed by atoms with Crippen molar-refractivity contribution in [3.05, 3.63) is 89.5 Å². The predicted molar refractivity (Wildman–Crippen MR) is 119 cm³/mol. The first kappa shape index (κ1) is 20.6. The average Bonchev–Trinajstić information content (AvgIpc) is 3.00. The van der Waals surface area contributed by atoms with Crippen molar-refractivity contribution in [1.29, 1.82) is 0 Å². The van der Waals surface area contributed by atoms with Crippen LogP contribution in [0.1, 0.15) is 23.6 Å². The van der Waals surface area contributed by atoms with Gasteiger partial charge < -0.3 is 10.5 Å². The average molecular weight is 417 g/mol. The largest absolute Gasteiger partial charge is 0.460 e. The topological polar surface area (TPSA) is 67.9 Å². The summed E-state index contributed by atoms with van der Waals surface area (Å²) in [6.07, 6.45) is -1.44. The summed E-state index contributed by atoms with van der Waals surface area (Å²) in [6, 6.07) is 22.9. The fraction of sp³-hybridized carbons (Fsp3) is 0.200. The van der Waals surface area contributed by atoms with Gasteiger partial charge in [-0.1, -0.05) is 54.6 Å². The number of aryl methyl sites for hydroxylation is 1. The molecule has 1 aliphatic heterocycles. The molecule has 3 aromatic rings. The first-order valence-corrected chi connectivity index (χ1v) is 10.0. The molecule has 3 aromatic carbocycles. The number of likely N-dealkylation sites (N-methyl/N-ethyl adjacent to an activating group) is 1. The normalized spacial score (nSPS) is 19.3. The number of hydrogen-bond acceptors (Lipinski definition) is 4. The summed E-state index contributed by atoms with van der Waals surface area (Å²) in [5, 5.41) is 0. The highest BCUT2D eigenvalue weighted by Crippen LogP contribution is 2.41. The molecular weight excluding hydrogens is 393 g/mol.